The molecule has 102 valence electrons. The third-order valence-electron chi connectivity index (χ3n) is 3.01. The molecule has 4 heteroatoms. The van der Waals surface area contributed by atoms with E-state index in [2.05, 4.69) is 16.0 Å². The first-order valence-electron chi connectivity index (χ1n) is 6.48. The summed E-state index contributed by atoms with van der Waals surface area (Å²) in [6.07, 6.45) is 0. The zero-order chi connectivity index (χ0) is 14.7. The number of hydrogen-bond donors (Lipinski definition) is 0. The number of nitrogens with zero attached hydrogens (tertiary/aromatic N) is 2. The molecule has 0 N–H and O–H groups in total. The molecule has 1 heterocycles. The Balaban J connectivity index is 2.03. The standard InChI is InChI=1S/C17H12N2O2/c1-12-6-8-13(9-7-12)18-11-19-15-10-17(20)21-16-5-3-2-4-14(15)16/h2-10H,1H3. The van der Waals surface area contributed by atoms with Crippen LogP contribution in [-0.4, -0.2) is 6.01 Å². The van der Waals surface area contributed by atoms with Crippen molar-refractivity contribution in [3.8, 4) is 0 Å². The minimum atomic E-state index is -0.440. The van der Waals surface area contributed by atoms with Crippen molar-refractivity contribution in [1.29, 1.82) is 0 Å². The summed E-state index contributed by atoms with van der Waals surface area (Å²) in [6.45, 7) is 2.01. The zero-order valence-electron chi connectivity index (χ0n) is 11.4. The van der Waals surface area contributed by atoms with Crippen molar-refractivity contribution in [2.75, 3.05) is 0 Å². The van der Waals surface area contributed by atoms with E-state index in [1.54, 1.807) is 12.1 Å². The SMILES string of the molecule is Cc1ccc(N=C=Nc2cc(=O)oc3ccccc23)cc1. The van der Waals surface area contributed by atoms with Crippen LogP contribution in [0, 0.1) is 6.92 Å². The van der Waals surface area contributed by atoms with Crippen molar-refractivity contribution in [1.82, 2.24) is 0 Å². The molecule has 0 aliphatic rings. The third-order valence-corrected chi connectivity index (χ3v) is 3.01. The molecule has 0 atom stereocenters. The van der Waals surface area contributed by atoms with Gasteiger partial charge in [-0.1, -0.05) is 29.8 Å². The van der Waals surface area contributed by atoms with Gasteiger partial charge in [0.05, 0.1) is 17.4 Å². The lowest BCUT2D eigenvalue weighted by atomic mass is 10.2. The first-order valence-corrected chi connectivity index (χ1v) is 6.48. The van der Waals surface area contributed by atoms with Crippen LogP contribution in [0.15, 0.2) is 73.8 Å². The van der Waals surface area contributed by atoms with Gasteiger partial charge >= 0.3 is 5.63 Å². The summed E-state index contributed by atoms with van der Waals surface area (Å²) in [5.41, 5.74) is 2.48. The summed E-state index contributed by atoms with van der Waals surface area (Å²) in [7, 11) is 0. The van der Waals surface area contributed by atoms with Crippen LogP contribution in [0.1, 0.15) is 5.56 Å². The third kappa shape index (κ3) is 2.96. The summed E-state index contributed by atoms with van der Waals surface area (Å²) < 4.78 is 5.11. The van der Waals surface area contributed by atoms with Gasteiger partial charge in [0.2, 0.25) is 0 Å². The van der Waals surface area contributed by atoms with Crippen LogP contribution in [0.4, 0.5) is 11.4 Å². The molecule has 0 radical (unpaired) electrons. The molecule has 0 spiro atoms. The van der Waals surface area contributed by atoms with Gasteiger partial charge in [-0.3, -0.25) is 0 Å². The van der Waals surface area contributed by atoms with E-state index in [-0.39, 0.29) is 0 Å². The molecule has 0 aliphatic heterocycles. The summed E-state index contributed by atoms with van der Waals surface area (Å²) in [6, 6.07) is 18.9. The second-order valence-corrected chi connectivity index (χ2v) is 4.61. The summed E-state index contributed by atoms with van der Waals surface area (Å²) in [5.74, 6) is 0. The lowest BCUT2D eigenvalue weighted by Gasteiger charge is -1.97. The van der Waals surface area contributed by atoms with Crippen LogP contribution in [0.2, 0.25) is 0 Å². The number of benzene rings is 2. The number of hydrogen-bond acceptors (Lipinski definition) is 4. The van der Waals surface area contributed by atoms with Crippen LogP contribution in [-0.2, 0) is 0 Å². The quantitative estimate of drug-likeness (QED) is 0.519. The van der Waals surface area contributed by atoms with Crippen molar-refractivity contribution in [3.05, 3.63) is 70.6 Å². The Kier molecular flexibility index (Phi) is 3.46. The van der Waals surface area contributed by atoms with E-state index in [4.69, 9.17) is 4.42 Å². The molecular formula is C17H12N2O2. The van der Waals surface area contributed by atoms with Crippen LogP contribution in [0.3, 0.4) is 0 Å². The lowest BCUT2D eigenvalue weighted by Crippen LogP contribution is -1.94. The largest absolute Gasteiger partial charge is 0.423 e. The van der Waals surface area contributed by atoms with Gasteiger partial charge < -0.3 is 4.42 Å². The van der Waals surface area contributed by atoms with Crippen LogP contribution < -0.4 is 5.63 Å². The predicted octanol–water partition coefficient (Wildman–Crippen LogP) is 4.24. The maximum Gasteiger partial charge on any atom is 0.338 e. The van der Waals surface area contributed by atoms with Crippen molar-refractivity contribution >= 4 is 28.4 Å². The Hall–Kier alpha value is -2.97. The highest BCUT2D eigenvalue weighted by molar-refractivity contribution is 5.88. The van der Waals surface area contributed by atoms with E-state index in [0.717, 1.165) is 16.6 Å². The zero-order valence-corrected chi connectivity index (χ0v) is 11.4. The van der Waals surface area contributed by atoms with Crippen molar-refractivity contribution in [2.24, 2.45) is 9.98 Å². The van der Waals surface area contributed by atoms with Gasteiger partial charge in [-0.05, 0) is 31.2 Å². The summed E-state index contributed by atoms with van der Waals surface area (Å²) in [5, 5.41) is 0.753. The number of para-hydroxylation sites is 1. The van der Waals surface area contributed by atoms with Gasteiger partial charge in [0.15, 0.2) is 0 Å². The number of fused-ring (bicyclic) bond motifs is 1. The fourth-order valence-corrected chi connectivity index (χ4v) is 1.94. The first kappa shape index (κ1) is 13.0. The van der Waals surface area contributed by atoms with Crippen LogP contribution >= 0.6 is 0 Å². The summed E-state index contributed by atoms with van der Waals surface area (Å²) >= 11 is 0. The monoisotopic (exact) mass is 276 g/mol. The highest BCUT2D eigenvalue weighted by atomic mass is 16.4. The minimum absolute atomic E-state index is 0.440. The van der Waals surface area contributed by atoms with Gasteiger partial charge in [-0.15, -0.1) is 0 Å². The van der Waals surface area contributed by atoms with E-state index in [1.807, 2.05) is 43.3 Å². The Bertz CT molecular complexity index is 902. The molecular weight excluding hydrogens is 264 g/mol. The maximum absolute atomic E-state index is 11.5. The molecule has 4 nitrogen and oxygen atoms in total. The molecule has 0 aliphatic carbocycles. The molecule has 0 unspecified atom stereocenters. The van der Waals surface area contributed by atoms with Crippen molar-refractivity contribution in [2.45, 2.75) is 6.92 Å². The summed E-state index contributed by atoms with van der Waals surface area (Å²) in [4.78, 5) is 19.8. The average Bonchev–Trinajstić information content (AvgIpc) is 2.49. The number of aryl methyl sites for hydroxylation is 1. The second kappa shape index (κ2) is 5.57. The second-order valence-electron chi connectivity index (χ2n) is 4.61. The predicted molar refractivity (Wildman–Crippen MR) is 82.8 cm³/mol. The van der Waals surface area contributed by atoms with Gasteiger partial charge in [0.1, 0.15) is 11.6 Å². The van der Waals surface area contributed by atoms with Gasteiger partial charge in [-0.2, -0.15) is 9.98 Å². The Labute approximate surface area is 121 Å². The molecule has 3 aromatic rings. The highest BCUT2D eigenvalue weighted by Crippen LogP contribution is 2.23. The van der Waals surface area contributed by atoms with E-state index in [1.165, 1.54) is 6.07 Å². The van der Waals surface area contributed by atoms with Gasteiger partial charge in [0, 0.05) is 5.39 Å². The van der Waals surface area contributed by atoms with E-state index in [9.17, 15) is 4.79 Å². The molecule has 0 fully saturated rings. The Morgan fingerprint density at radius 2 is 1.76 bits per heavy atom. The minimum Gasteiger partial charge on any atom is -0.423 e. The molecule has 0 amide bonds. The average molecular weight is 276 g/mol. The molecule has 1 aromatic heterocycles. The molecule has 21 heavy (non-hydrogen) atoms. The maximum atomic E-state index is 11.5. The number of aliphatic imine (C=N–C) groups is 2. The van der Waals surface area contributed by atoms with E-state index >= 15 is 0 Å². The fourth-order valence-electron chi connectivity index (χ4n) is 1.94. The lowest BCUT2D eigenvalue weighted by molar-refractivity contribution is 0.561. The van der Waals surface area contributed by atoms with E-state index in [0.29, 0.717) is 11.3 Å². The normalized spacial score (nSPS) is 10.1. The molecule has 2 aromatic carbocycles. The molecule has 0 saturated heterocycles. The fraction of sp³-hybridized carbons (Fsp3) is 0.0588. The topological polar surface area (TPSA) is 54.9 Å². The Morgan fingerprint density at radius 3 is 2.57 bits per heavy atom. The molecule has 3 rings (SSSR count). The van der Waals surface area contributed by atoms with Gasteiger partial charge in [-0.25, -0.2) is 4.79 Å². The first-order chi connectivity index (χ1) is 10.2. The number of rotatable bonds is 2. The van der Waals surface area contributed by atoms with Crippen molar-refractivity contribution < 1.29 is 4.42 Å². The Morgan fingerprint density at radius 1 is 1.00 bits per heavy atom. The van der Waals surface area contributed by atoms with Crippen LogP contribution in [0.25, 0.3) is 11.0 Å². The van der Waals surface area contributed by atoms with Gasteiger partial charge in [0.25, 0.3) is 0 Å². The van der Waals surface area contributed by atoms with Crippen LogP contribution in [0.5, 0.6) is 0 Å². The molecule has 0 bridgehead atoms. The van der Waals surface area contributed by atoms with Crippen molar-refractivity contribution in [3.63, 3.8) is 0 Å². The van der Waals surface area contributed by atoms with E-state index < -0.39 is 5.63 Å². The smallest absolute Gasteiger partial charge is 0.338 e. The highest BCUT2D eigenvalue weighted by Gasteiger charge is 2.02. The molecule has 0 saturated carbocycles.